The zero-order chi connectivity index (χ0) is 14.6. The van der Waals surface area contributed by atoms with Gasteiger partial charge in [-0.15, -0.1) is 0 Å². The summed E-state index contributed by atoms with van der Waals surface area (Å²) in [5, 5.41) is 3.63. The van der Waals surface area contributed by atoms with E-state index in [1.165, 1.54) is 51.7 Å². The molecule has 0 amide bonds. The molecule has 0 aromatic rings. The van der Waals surface area contributed by atoms with Crippen LogP contribution < -0.4 is 5.32 Å². The predicted octanol–water partition coefficient (Wildman–Crippen LogP) is 3.77. The van der Waals surface area contributed by atoms with E-state index in [1.54, 1.807) is 6.42 Å². The first-order valence-electron chi connectivity index (χ1n) is 8.95. The molecule has 0 radical (unpaired) electrons. The van der Waals surface area contributed by atoms with Crippen LogP contribution in [0.5, 0.6) is 0 Å². The van der Waals surface area contributed by atoms with Crippen LogP contribution in [0.15, 0.2) is 0 Å². The average molecular weight is 280 g/mol. The zero-order valence-corrected chi connectivity index (χ0v) is 14.3. The van der Waals surface area contributed by atoms with Crippen LogP contribution in [-0.4, -0.2) is 38.1 Å². The van der Waals surface area contributed by atoms with Crippen molar-refractivity contribution >= 4 is 0 Å². The van der Waals surface area contributed by atoms with Crippen LogP contribution in [0.25, 0.3) is 0 Å². The summed E-state index contributed by atoms with van der Waals surface area (Å²) in [6, 6.07) is 0. The second-order valence-electron chi connectivity index (χ2n) is 7.97. The quantitative estimate of drug-likeness (QED) is 0.647. The fourth-order valence-corrected chi connectivity index (χ4v) is 4.58. The third-order valence-corrected chi connectivity index (χ3v) is 5.91. The summed E-state index contributed by atoms with van der Waals surface area (Å²) in [5.74, 6) is 3.15. The molecule has 2 aliphatic carbocycles. The molecule has 2 fully saturated rings. The van der Waals surface area contributed by atoms with Crippen LogP contribution in [-0.2, 0) is 0 Å². The lowest BCUT2D eigenvalue weighted by Crippen LogP contribution is -2.42. The van der Waals surface area contributed by atoms with Crippen molar-refractivity contribution in [3.05, 3.63) is 0 Å². The molecule has 2 nitrogen and oxygen atoms in total. The highest BCUT2D eigenvalue weighted by Crippen LogP contribution is 2.48. The lowest BCUT2D eigenvalue weighted by molar-refractivity contribution is 0.145. The maximum atomic E-state index is 3.63. The monoisotopic (exact) mass is 280 g/mol. The van der Waals surface area contributed by atoms with Gasteiger partial charge in [0.2, 0.25) is 0 Å². The first kappa shape index (κ1) is 16.3. The third-order valence-electron chi connectivity index (χ3n) is 5.91. The van der Waals surface area contributed by atoms with Gasteiger partial charge >= 0.3 is 0 Å². The number of rotatable bonds is 9. The number of nitrogens with one attached hydrogen (secondary N) is 1. The molecular formula is C18H36N2. The molecule has 2 saturated carbocycles. The molecule has 118 valence electrons. The highest BCUT2D eigenvalue weighted by molar-refractivity contribution is 4.91. The summed E-state index contributed by atoms with van der Waals surface area (Å²) in [4.78, 5) is 2.63. The van der Waals surface area contributed by atoms with E-state index in [4.69, 9.17) is 0 Å². The first-order chi connectivity index (χ1) is 9.56. The van der Waals surface area contributed by atoms with Gasteiger partial charge < -0.3 is 10.2 Å². The normalized spacial score (nSPS) is 31.9. The molecule has 2 aliphatic rings. The molecule has 20 heavy (non-hydrogen) atoms. The van der Waals surface area contributed by atoms with Crippen molar-refractivity contribution in [1.82, 2.24) is 10.2 Å². The van der Waals surface area contributed by atoms with Gasteiger partial charge in [0, 0.05) is 19.6 Å². The Morgan fingerprint density at radius 3 is 2.55 bits per heavy atom. The Labute approximate surface area is 126 Å². The fraction of sp³-hybridized carbons (Fsp3) is 1.00. The summed E-state index contributed by atoms with van der Waals surface area (Å²) < 4.78 is 0. The smallest absolute Gasteiger partial charge is 0.00444 e. The Kier molecular flexibility index (Phi) is 5.92. The van der Waals surface area contributed by atoms with Crippen molar-refractivity contribution in [2.75, 3.05) is 33.2 Å². The number of hydrogen-bond acceptors (Lipinski definition) is 2. The van der Waals surface area contributed by atoms with Crippen LogP contribution in [0.2, 0.25) is 0 Å². The molecule has 0 heterocycles. The van der Waals surface area contributed by atoms with Crippen molar-refractivity contribution in [3.8, 4) is 0 Å². The van der Waals surface area contributed by atoms with Crippen LogP contribution in [0.1, 0.15) is 59.3 Å². The van der Waals surface area contributed by atoms with Gasteiger partial charge in [-0.25, -0.2) is 0 Å². The number of fused-ring (bicyclic) bond motifs is 2. The highest BCUT2D eigenvalue weighted by Gasteiger charge is 2.40. The molecule has 2 rings (SSSR count). The predicted molar refractivity (Wildman–Crippen MR) is 88.0 cm³/mol. The minimum absolute atomic E-state index is 0.432. The molecule has 1 N–H and O–H groups in total. The standard InChI is InChI=1S/C18H36N2/c1-5-9-19-13-18(3,6-2)14-20(4)12-17-11-15-7-8-16(17)10-15/h15-17,19H,5-14H2,1-4H3. The zero-order valence-electron chi connectivity index (χ0n) is 14.3. The van der Waals surface area contributed by atoms with Gasteiger partial charge in [0.15, 0.2) is 0 Å². The third kappa shape index (κ3) is 4.21. The van der Waals surface area contributed by atoms with Crippen molar-refractivity contribution in [2.45, 2.75) is 59.3 Å². The minimum atomic E-state index is 0.432. The molecule has 0 aromatic heterocycles. The summed E-state index contributed by atoms with van der Waals surface area (Å²) in [5.41, 5.74) is 0.432. The molecule has 0 spiro atoms. The number of nitrogens with zero attached hydrogens (tertiary/aromatic N) is 1. The Morgan fingerprint density at radius 1 is 1.20 bits per heavy atom. The van der Waals surface area contributed by atoms with Gasteiger partial charge in [-0.3, -0.25) is 0 Å². The highest BCUT2D eigenvalue weighted by atomic mass is 15.1. The van der Waals surface area contributed by atoms with E-state index in [0.29, 0.717) is 5.41 Å². The summed E-state index contributed by atoms with van der Waals surface area (Å²) in [7, 11) is 2.35. The molecule has 2 bridgehead atoms. The second-order valence-corrected chi connectivity index (χ2v) is 7.97. The molecule has 4 unspecified atom stereocenters. The van der Waals surface area contributed by atoms with Crippen molar-refractivity contribution < 1.29 is 0 Å². The average Bonchev–Trinajstić information content (AvgIpc) is 3.01. The van der Waals surface area contributed by atoms with Crippen molar-refractivity contribution in [1.29, 1.82) is 0 Å². The van der Waals surface area contributed by atoms with Gasteiger partial charge in [-0.1, -0.05) is 27.2 Å². The van der Waals surface area contributed by atoms with Gasteiger partial charge in [-0.2, -0.15) is 0 Å². The maximum Gasteiger partial charge on any atom is 0.00444 e. The molecule has 4 atom stereocenters. The van der Waals surface area contributed by atoms with E-state index in [-0.39, 0.29) is 0 Å². The Hall–Kier alpha value is -0.0800. The van der Waals surface area contributed by atoms with Crippen LogP contribution >= 0.6 is 0 Å². The van der Waals surface area contributed by atoms with E-state index in [1.807, 2.05) is 0 Å². The van der Waals surface area contributed by atoms with Gasteiger partial charge in [0.25, 0.3) is 0 Å². The Balaban J connectivity index is 1.75. The maximum absolute atomic E-state index is 3.63. The fourth-order valence-electron chi connectivity index (χ4n) is 4.58. The van der Waals surface area contributed by atoms with Gasteiger partial charge in [0.05, 0.1) is 0 Å². The Morgan fingerprint density at radius 2 is 2.00 bits per heavy atom. The molecule has 2 heteroatoms. The molecular weight excluding hydrogens is 244 g/mol. The topological polar surface area (TPSA) is 15.3 Å². The van der Waals surface area contributed by atoms with Crippen molar-refractivity contribution in [2.24, 2.45) is 23.2 Å². The lowest BCUT2D eigenvalue weighted by atomic mass is 9.85. The van der Waals surface area contributed by atoms with Crippen LogP contribution in [0.4, 0.5) is 0 Å². The minimum Gasteiger partial charge on any atom is -0.316 e. The largest absolute Gasteiger partial charge is 0.316 e. The lowest BCUT2D eigenvalue weighted by Gasteiger charge is -2.35. The Bertz CT molecular complexity index is 291. The van der Waals surface area contributed by atoms with E-state index in [2.05, 4.69) is 38.0 Å². The first-order valence-corrected chi connectivity index (χ1v) is 8.95. The summed E-state index contributed by atoms with van der Waals surface area (Å²) in [6.07, 6.45) is 8.61. The number of hydrogen-bond donors (Lipinski definition) is 1. The van der Waals surface area contributed by atoms with E-state index in [9.17, 15) is 0 Å². The summed E-state index contributed by atoms with van der Waals surface area (Å²) >= 11 is 0. The van der Waals surface area contributed by atoms with E-state index < -0.39 is 0 Å². The second kappa shape index (κ2) is 7.26. The van der Waals surface area contributed by atoms with Gasteiger partial charge in [-0.05, 0) is 68.9 Å². The van der Waals surface area contributed by atoms with E-state index in [0.717, 1.165) is 24.3 Å². The van der Waals surface area contributed by atoms with Crippen LogP contribution in [0.3, 0.4) is 0 Å². The summed E-state index contributed by atoms with van der Waals surface area (Å²) in [6.45, 7) is 12.0. The van der Waals surface area contributed by atoms with Crippen molar-refractivity contribution in [3.63, 3.8) is 0 Å². The molecule has 0 saturated heterocycles. The molecule has 0 aliphatic heterocycles. The van der Waals surface area contributed by atoms with Crippen LogP contribution in [0, 0.1) is 23.2 Å². The van der Waals surface area contributed by atoms with Gasteiger partial charge in [0.1, 0.15) is 0 Å². The SMILES string of the molecule is CCCNCC(C)(CC)CN(C)CC1CC2CCC1C2. The van der Waals surface area contributed by atoms with E-state index >= 15 is 0 Å². The molecule has 0 aromatic carbocycles.